The van der Waals surface area contributed by atoms with Crippen LogP contribution in [0.2, 0.25) is 5.02 Å². The van der Waals surface area contributed by atoms with Crippen molar-refractivity contribution in [2.45, 2.75) is 6.18 Å². The SMILES string of the molecule is O=C(O)c1cc(Oc2ccc(C(F)(F)F)cc2Cl)ccc1[N+](=O)[O-].[Na+]. The first-order chi connectivity index (χ1) is 11.1. The second-order valence-corrected chi connectivity index (χ2v) is 4.89. The summed E-state index contributed by atoms with van der Waals surface area (Å²) in [6, 6.07) is 5.27. The molecule has 11 heteroatoms. The number of nitro groups is 1. The molecule has 0 heterocycles. The van der Waals surface area contributed by atoms with E-state index in [1.54, 1.807) is 0 Å². The summed E-state index contributed by atoms with van der Waals surface area (Å²) in [5.74, 6) is -1.83. The van der Waals surface area contributed by atoms with E-state index in [0.717, 1.165) is 30.3 Å². The molecular weight excluding hydrogens is 378 g/mol. The third kappa shape index (κ3) is 5.08. The van der Waals surface area contributed by atoms with E-state index in [1.807, 2.05) is 0 Å². The normalized spacial score (nSPS) is 10.7. The molecule has 0 unspecified atom stereocenters. The number of alkyl halides is 3. The number of rotatable bonds is 4. The minimum absolute atomic E-state index is 0. The number of carbonyl (C=O) groups is 1. The van der Waals surface area contributed by atoms with Crippen molar-refractivity contribution in [3.05, 3.63) is 62.7 Å². The van der Waals surface area contributed by atoms with Crippen LogP contribution in [0, 0.1) is 10.1 Å². The summed E-state index contributed by atoms with van der Waals surface area (Å²) >= 11 is 5.72. The Hall–Kier alpha value is -1.81. The number of halogens is 4. The molecule has 0 radical (unpaired) electrons. The van der Waals surface area contributed by atoms with Crippen LogP contribution in [-0.2, 0) is 6.18 Å². The third-order valence-electron chi connectivity index (χ3n) is 2.88. The zero-order valence-electron chi connectivity index (χ0n) is 12.5. The Bertz CT molecular complexity index is 829. The van der Waals surface area contributed by atoms with E-state index in [2.05, 4.69) is 0 Å². The number of ether oxygens (including phenoxy) is 1. The van der Waals surface area contributed by atoms with Crippen LogP contribution in [-0.4, -0.2) is 16.0 Å². The average Bonchev–Trinajstić information content (AvgIpc) is 2.47. The Morgan fingerprint density at radius 2 is 1.84 bits per heavy atom. The van der Waals surface area contributed by atoms with E-state index < -0.39 is 33.9 Å². The number of hydrogen-bond donors (Lipinski definition) is 1. The average molecular weight is 385 g/mol. The smallest absolute Gasteiger partial charge is 0.477 e. The molecule has 0 spiro atoms. The molecule has 0 aromatic heterocycles. The molecule has 6 nitrogen and oxygen atoms in total. The predicted octanol–water partition coefficient (Wildman–Crippen LogP) is 1.76. The van der Waals surface area contributed by atoms with Crippen LogP contribution in [0.15, 0.2) is 36.4 Å². The van der Waals surface area contributed by atoms with Crippen LogP contribution in [0.4, 0.5) is 18.9 Å². The van der Waals surface area contributed by atoms with Crippen LogP contribution in [0.1, 0.15) is 15.9 Å². The summed E-state index contributed by atoms with van der Waals surface area (Å²) in [7, 11) is 0. The van der Waals surface area contributed by atoms with Crippen LogP contribution in [0.5, 0.6) is 11.5 Å². The van der Waals surface area contributed by atoms with Gasteiger partial charge in [0.2, 0.25) is 0 Å². The fourth-order valence-electron chi connectivity index (χ4n) is 1.80. The minimum Gasteiger partial charge on any atom is -0.477 e. The van der Waals surface area contributed by atoms with E-state index in [4.69, 9.17) is 21.4 Å². The minimum atomic E-state index is -4.58. The van der Waals surface area contributed by atoms with E-state index in [0.29, 0.717) is 6.07 Å². The quantitative estimate of drug-likeness (QED) is 0.493. The number of nitrogens with zero attached hydrogens (tertiary/aromatic N) is 1. The molecule has 0 bridgehead atoms. The maximum atomic E-state index is 12.6. The molecule has 0 fully saturated rings. The number of benzene rings is 2. The summed E-state index contributed by atoms with van der Waals surface area (Å²) in [4.78, 5) is 20.9. The predicted molar refractivity (Wildman–Crippen MR) is 76.6 cm³/mol. The molecule has 0 aliphatic rings. The van der Waals surface area contributed by atoms with Crippen LogP contribution in [0.3, 0.4) is 0 Å². The summed E-state index contributed by atoms with van der Waals surface area (Å²) in [6.07, 6.45) is -4.58. The van der Waals surface area contributed by atoms with Crippen molar-refractivity contribution in [3.8, 4) is 11.5 Å². The van der Waals surface area contributed by atoms with Gasteiger partial charge in [-0.3, -0.25) is 10.1 Å². The van der Waals surface area contributed by atoms with Gasteiger partial charge in [-0.05, 0) is 24.3 Å². The molecule has 0 atom stereocenters. The Kier molecular flexibility index (Phi) is 6.83. The number of carboxylic acids is 1. The fourth-order valence-corrected chi connectivity index (χ4v) is 2.02. The van der Waals surface area contributed by atoms with E-state index in [1.165, 1.54) is 0 Å². The Morgan fingerprint density at radius 3 is 2.32 bits per heavy atom. The second kappa shape index (κ2) is 8.05. The van der Waals surface area contributed by atoms with E-state index >= 15 is 0 Å². The zero-order chi connectivity index (χ0) is 18.1. The molecule has 126 valence electrons. The fraction of sp³-hybridized carbons (Fsp3) is 0.0714. The third-order valence-corrected chi connectivity index (χ3v) is 3.18. The van der Waals surface area contributed by atoms with Gasteiger partial charge < -0.3 is 9.84 Å². The molecule has 2 aromatic carbocycles. The van der Waals surface area contributed by atoms with E-state index in [-0.39, 0.29) is 46.1 Å². The van der Waals surface area contributed by atoms with Gasteiger partial charge in [0.15, 0.2) is 0 Å². The Morgan fingerprint density at radius 1 is 1.20 bits per heavy atom. The molecule has 2 aromatic rings. The Balaban J connectivity index is 0.00000312. The van der Waals surface area contributed by atoms with E-state index in [9.17, 15) is 28.1 Å². The van der Waals surface area contributed by atoms with Crippen LogP contribution < -0.4 is 34.3 Å². The topological polar surface area (TPSA) is 89.7 Å². The molecule has 0 amide bonds. The van der Waals surface area contributed by atoms with Crippen molar-refractivity contribution in [2.24, 2.45) is 0 Å². The number of carboxylic acid groups (broad SMARTS) is 1. The summed E-state index contributed by atoms with van der Waals surface area (Å²) < 4.78 is 42.9. The standard InChI is InChI=1S/C14H7ClF3NO5.Na/c15-10-5-7(14(16,17)18)1-4-12(10)24-8-2-3-11(19(22)23)9(6-8)13(20)21;/h1-6H,(H,20,21);/q;+1. The molecule has 1 N–H and O–H groups in total. The maximum Gasteiger partial charge on any atom is 1.00 e. The Labute approximate surface area is 165 Å². The summed E-state index contributed by atoms with van der Waals surface area (Å²) in [6.45, 7) is 0. The number of aromatic carboxylic acids is 1. The molecule has 25 heavy (non-hydrogen) atoms. The van der Waals surface area contributed by atoms with Gasteiger partial charge in [0, 0.05) is 12.1 Å². The monoisotopic (exact) mass is 384 g/mol. The van der Waals surface area contributed by atoms with Gasteiger partial charge in [-0.2, -0.15) is 13.2 Å². The van der Waals surface area contributed by atoms with Gasteiger partial charge in [-0.15, -0.1) is 0 Å². The molecule has 0 saturated carbocycles. The first-order valence-corrected chi connectivity index (χ1v) is 6.53. The van der Waals surface area contributed by atoms with Crippen molar-refractivity contribution in [1.82, 2.24) is 0 Å². The summed E-state index contributed by atoms with van der Waals surface area (Å²) in [5, 5.41) is 19.4. The van der Waals surface area contributed by atoms with Crippen molar-refractivity contribution in [2.75, 3.05) is 0 Å². The number of nitro benzene ring substituents is 1. The molecule has 2 rings (SSSR count). The van der Waals surface area contributed by atoms with Crippen molar-refractivity contribution in [3.63, 3.8) is 0 Å². The largest absolute Gasteiger partial charge is 1.00 e. The number of hydrogen-bond acceptors (Lipinski definition) is 4. The zero-order valence-corrected chi connectivity index (χ0v) is 15.3. The molecule has 0 aliphatic carbocycles. The molecule has 0 saturated heterocycles. The summed E-state index contributed by atoms with van der Waals surface area (Å²) in [5.41, 5.74) is -2.25. The second-order valence-electron chi connectivity index (χ2n) is 4.49. The van der Waals surface area contributed by atoms with Crippen LogP contribution in [0.25, 0.3) is 0 Å². The molecular formula is C14H7ClF3NNaO5+. The van der Waals surface area contributed by atoms with Crippen LogP contribution >= 0.6 is 11.6 Å². The van der Waals surface area contributed by atoms with Gasteiger partial charge in [0.05, 0.1) is 15.5 Å². The van der Waals surface area contributed by atoms with Gasteiger partial charge in [0.1, 0.15) is 17.1 Å². The molecule has 0 aliphatic heterocycles. The first kappa shape index (κ1) is 21.2. The first-order valence-electron chi connectivity index (χ1n) is 6.16. The van der Waals surface area contributed by atoms with Crippen molar-refractivity contribution in [1.29, 1.82) is 0 Å². The van der Waals surface area contributed by atoms with Gasteiger partial charge in [-0.25, -0.2) is 4.79 Å². The van der Waals surface area contributed by atoms with Crippen molar-refractivity contribution >= 4 is 23.3 Å². The van der Waals surface area contributed by atoms with Gasteiger partial charge in [-0.1, -0.05) is 11.6 Å². The van der Waals surface area contributed by atoms with Crippen molar-refractivity contribution < 1.29 is 62.3 Å². The van der Waals surface area contributed by atoms with Gasteiger partial charge >= 0.3 is 41.7 Å². The maximum absolute atomic E-state index is 12.6. The van der Waals surface area contributed by atoms with Gasteiger partial charge in [0.25, 0.3) is 5.69 Å².